The predicted molar refractivity (Wildman–Crippen MR) is 129 cm³/mol. The van der Waals surface area contributed by atoms with Gasteiger partial charge in [0.1, 0.15) is 11.5 Å². The number of amides is 1. The second kappa shape index (κ2) is 11.1. The van der Waals surface area contributed by atoms with Crippen molar-refractivity contribution in [2.24, 2.45) is 0 Å². The summed E-state index contributed by atoms with van der Waals surface area (Å²) in [6.45, 7) is 3.57. The maximum atomic E-state index is 13.2. The van der Waals surface area contributed by atoms with Crippen molar-refractivity contribution >= 4 is 17.4 Å². The van der Waals surface area contributed by atoms with Gasteiger partial charge in [-0.1, -0.05) is 25.1 Å². The molecule has 2 N–H and O–H groups in total. The summed E-state index contributed by atoms with van der Waals surface area (Å²) < 4.78 is 10.9. The number of benzene rings is 2. The van der Waals surface area contributed by atoms with Crippen LogP contribution in [-0.4, -0.2) is 72.6 Å². The number of methoxy groups -OCH3 is 1. The molecule has 0 radical (unpaired) electrons. The molecule has 0 bridgehead atoms. The van der Waals surface area contributed by atoms with Gasteiger partial charge in [0.25, 0.3) is 11.7 Å². The quantitative estimate of drug-likeness (QED) is 0.312. The van der Waals surface area contributed by atoms with Crippen LogP contribution in [0.5, 0.6) is 17.2 Å². The fourth-order valence-corrected chi connectivity index (χ4v) is 3.99. The van der Waals surface area contributed by atoms with Gasteiger partial charge < -0.3 is 29.5 Å². The van der Waals surface area contributed by atoms with Gasteiger partial charge >= 0.3 is 0 Å². The Morgan fingerprint density at radius 2 is 1.91 bits per heavy atom. The minimum atomic E-state index is -0.822. The van der Waals surface area contributed by atoms with Gasteiger partial charge in [0, 0.05) is 12.1 Å². The zero-order chi connectivity index (χ0) is 24.8. The largest absolute Gasteiger partial charge is 0.507 e. The van der Waals surface area contributed by atoms with Gasteiger partial charge in [-0.15, -0.1) is 0 Å². The monoisotopic (exact) mass is 468 g/mol. The molecule has 1 atom stereocenters. The zero-order valence-electron chi connectivity index (χ0n) is 20.1. The van der Waals surface area contributed by atoms with Crippen LogP contribution in [0.25, 0.3) is 5.76 Å². The summed E-state index contributed by atoms with van der Waals surface area (Å²) in [4.78, 5) is 29.7. The molecule has 8 heteroatoms. The van der Waals surface area contributed by atoms with Gasteiger partial charge in [0.2, 0.25) is 0 Å². The van der Waals surface area contributed by atoms with Gasteiger partial charge in [-0.25, -0.2) is 0 Å². The molecule has 2 aromatic rings. The SMILES string of the molecule is CCCOc1cccc(/C(O)=C2\C(=O)C(=O)N(CCCN(C)C)C2c2ccc(O)c(OC)c2)c1. The summed E-state index contributed by atoms with van der Waals surface area (Å²) >= 11 is 0. The Balaban J connectivity index is 2.11. The molecule has 1 heterocycles. The Morgan fingerprint density at radius 3 is 2.59 bits per heavy atom. The summed E-state index contributed by atoms with van der Waals surface area (Å²) in [5, 5.41) is 21.3. The molecular weight excluding hydrogens is 436 g/mol. The second-order valence-electron chi connectivity index (χ2n) is 8.46. The molecule has 0 aliphatic carbocycles. The number of aliphatic hydroxyl groups excluding tert-OH is 1. The van der Waals surface area contributed by atoms with E-state index in [-0.39, 0.29) is 22.8 Å². The van der Waals surface area contributed by atoms with Crippen molar-refractivity contribution in [1.82, 2.24) is 9.80 Å². The highest BCUT2D eigenvalue weighted by Crippen LogP contribution is 2.42. The number of hydrogen-bond acceptors (Lipinski definition) is 7. The first-order valence-electron chi connectivity index (χ1n) is 11.3. The average molecular weight is 469 g/mol. The van der Waals surface area contributed by atoms with Gasteiger partial charge in [-0.3, -0.25) is 9.59 Å². The lowest BCUT2D eigenvalue weighted by Crippen LogP contribution is -2.32. The summed E-state index contributed by atoms with van der Waals surface area (Å²) in [7, 11) is 5.29. The molecule has 3 rings (SSSR count). The number of likely N-dealkylation sites (tertiary alicyclic amines) is 1. The van der Waals surface area contributed by atoms with Crippen LogP contribution in [0.3, 0.4) is 0 Å². The van der Waals surface area contributed by atoms with Crippen LogP contribution in [0.15, 0.2) is 48.0 Å². The van der Waals surface area contributed by atoms with Gasteiger partial charge in [0.15, 0.2) is 11.5 Å². The molecule has 0 spiro atoms. The van der Waals surface area contributed by atoms with E-state index in [9.17, 15) is 19.8 Å². The van der Waals surface area contributed by atoms with Crippen LogP contribution in [-0.2, 0) is 9.59 Å². The van der Waals surface area contributed by atoms with E-state index < -0.39 is 17.7 Å². The van der Waals surface area contributed by atoms with Crippen molar-refractivity contribution in [3.05, 3.63) is 59.2 Å². The van der Waals surface area contributed by atoms with E-state index in [2.05, 4.69) is 0 Å². The smallest absolute Gasteiger partial charge is 0.295 e. The Labute approximate surface area is 200 Å². The van der Waals surface area contributed by atoms with E-state index in [0.717, 1.165) is 13.0 Å². The maximum absolute atomic E-state index is 13.2. The lowest BCUT2D eigenvalue weighted by Gasteiger charge is -2.26. The molecule has 1 aliphatic rings. The number of ether oxygens (including phenoxy) is 2. The number of phenols is 1. The highest BCUT2D eigenvalue weighted by Gasteiger charge is 2.46. The first kappa shape index (κ1) is 25.1. The van der Waals surface area contributed by atoms with Crippen LogP contribution in [0.1, 0.15) is 36.9 Å². The maximum Gasteiger partial charge on any atom is 0.295 e. The Bertz CT molecular complexity index is 1080. The van der Waals surface area contributed by atoms with E-state index in [1.807, 2.05) is 25.9 Å². The molecule has 1 amide bonds. The van der Waals surface area contributed by atoms with Gasteiger partial charge in [-0.05, 0) is 63.3 Å². The molecule has 1 aliphatic heterocycles. The summed E-state index contributed by atoms with van der Waals surface area (Å²) in [6.07, 6.45) is 1.48. The number of carbonyl (C=O) groups excluding carboxylic acids is 2. The molecule has 0 saturated carbocycles. The van der Waals surface area contributed by atoms with Gasteiger partial charge in [-0.2, -0.15) is 0 Å². The van der Waals surface area contributed by atoms with Crippen molar-refractivity contribution in [3.8, 4) is 17.2 Å². The summed E-state index contributed by atoms with van der Waals surface area (Å²) in [6, 6.07) is 10.7. The van der Waals surface area contributed by atoms with Crippen molar-refractivity contribution in [3.63, 3.8) is 0 Å². The lowest BCUT2D eigenvalue weighted by atomic mass is 9.95. The van der Waals surface area contributed by atoms with Crippen molar-refractivity contribution in [2.45, 2.75) is 25.8 Å². The fraction of sp³-hybridized carbons (Fsp3) is 0.385. The minimum absolute atomic E-state index is 0.00441. The van der Waals surface area contributed by atoms with Crippen molar-refractivity contribution in [2.75, 3.05) is 40.9 Å². The Kier molecular flexibility index (Phi) is 8.17. The predicted octanol–water partition coefficient (Wildman–Crippen LogP) is 3.56. The van der Waals surface area contributed by atoms with Crippen LogP contribution in [0.4, 0.5) is 0 Å². The Hall–Kier alpha value is -3.52. The molecule has 0 aromatic heterocycles. The Morgan fingerprint density at radius 1 is 1.15 bits per heavy atom. The number of aromatic hydroxyl groups is 1. The number of hydrogen-bond donors (Lipinski definition) is 2. The second-order valence-corrected chi connectivity index (χ2v) is 8.46. The van der Waals surface area contributed by atoms with E-state index >= 15 is 0 Å². The molecule has 182 valence electrons. The van der Waals surface area contributed by atoms with Crippen LogP contribution >= 0.6 is 0 Å². The van der Waals surface area contributed by atoms with E-state index in [1.165, 1.54) is 18.1 Å². The van der Waals surface area contributed by atoms with Gasteiger partial charge in [0.05, 0.1) is 25.3 Å². The normalized spacial score (nSPS) is 17.4. The molecule has 34 heavy (non-hydrogen) atoms. The van der Waals surface area contributed by atoms with Crippen molar-refractivity contribution < 1.29 is 29.3 Å². The highest BCUT2D eigenvalue weighted by atomic mass is 16.5. The third-order valence-corrected chi connectivity index (χ3v) is 5.64. The molecule has 1 saturated heterocycles. The molecule has 1 fully saturated rings. The van der Waals surface area contributed by atoms with Crippen LogP contribution in [0.2, 0.25) is 0 Å². The number of Topliss-reactive ketones (excluding diaryl/α,β-unsaturated/α-hetero) is 1. The van der Waals surface area contributed by atoms with E-state index in [4.69, 9.17) is 9.47 Å². The molecule has 1 unspecified atom stereocenters. The first-order chi connectivity index (χ1) is 16.3. The number of phenolic OH excluding ortho intramolecular Hbond substituents is 1. The summed E-state index contributed by atoms with van der Waals surface area (Å²) in [5.41, 5.74) is 0.935. The minimum Gasteiger partial charge on any atom is -0.507 e. The average Bonchev–Trinajstić information content (AvgIpc) is 3.07. The third kappa shape index (κ3) is 5.34. The van der Waals surface area contributed by atoms with Crippen LogP contribution in [0, 0.1) is 0 Å². The number of ketones is 1. The van der Waals surface area contributed by atoms with Crippen LogP contribution < -0.4 is 9.47 Å². The highest BCUT2D eigenvalue weighted by molar-refractivity contribution is 6.46. The van der Waals surface area contributed by atoms with E-state index in [1.54, 1.807) is 36.4 Å². The molecule has 2 aromatic carbocycles. The van der Waals surface area contributed by atoms with Crippen molar-refractivity contribution in [1.29, 1.82) is 0 Å². The number of aliphatic hydroxyl groups is 1. The third-order valence-electron chi connectivity index (χ3n) is 5.64. The zero-order valence-corrected chi connectivity index (χ0v) is 20.1. The first-order valence-corrected chi connectivity index (χ1v) is 11.3. The number of rotatable bonds is 10. The number of nitrogens with zero attached hydrogens (tertiary/aromatic N) is 2. The number of carbonyl (C=O) groups is 2. The molecular formula is C26H32N2O6. The fourth-order valence-electron chi connectivity index (χ4n) is 3.99. The molecule has 8 nitrogen and oxygen atoms in total. The summed E-state index contributed by atoms with van der Waals surface area (Å²) in [5.74, 6) is -0.973. The topological polar surface area (TPSA) is 99.5 Å². The lowest BCUT2D eigenvalue weighted by molar-refractivity contribution is -0.139. The standard InChI is InChI=1S/C26H32N2O6/c1-5-14-34-19-9-6-8-18(15-19)24(30)22-23(17-10-11-20(29)21(16-17)33-4)28(26(32)25(22)31)13-7-12-27(2)3/h6,8-11,15-16,23,29-30H,5,7,12-14H2,1-4H3/b24-22+. The van der Waals surface area contributed by atoms with E-state index in [0.29, 0.717) is 36.4 Å².